The minimum atomic E-state index is -0.494. The lowest BCUT2D eigenvalue weighted by atomic mass is 10.1. The molecule has 1 aliphatic heterocycles. The van der Waals surface area contributed by atoms with E-state index in [4.69, 9.17) is 19.7 Å². The minimum Gasteiger partial charge on any atom is -0.486 e. The van der Waals surface area contributed by atoms with Gasteiger partial charge in [-0.15, -0.1) is 0 Å². The van der Waals surface area contributed by atoms with Crippen molar-refractivity contribution in [3.8, 4) is 11.5 Å². The number of hydrogen-bond donors (Lipinski definition) is 0. The van der Waals surface area contributed by atoms with E-state index in [1.54, 1.807) is 6.92 Å². The summed E-state index contributed by atoms with van der Waals surface area (Å²) in [7, 11) is 0. The van der Waals surface area contributed by atoms with Gasteiger partial charge >= 0.3 is 5.97 Å². The van der Waals surface area contributed by atoms with Gasteiger partial charge in [-0.1, -0.05) is 5.11 Å². The van der Waals surface area contributed by atoms with E-state index in [9.17, 15) is 4.79 Å². The molecule has 7 heteroatoms. The summed E-state index contributed by atoms with van der Waals surface area (Å²) in [6, 6.07) is 3.00. The van der Waals surface area contributed by atoms with E-state index in [1.165, 1.54) is 12.1 Å². The van der Waals surface area contributed by atoms with Gasteiger partial charge in [0.05, 0.1) is 12.3 Å². The monoisotopic (exact) mass is 249 g/mol. The summed E-state index contributed by atoms with van der Waals surface area (Å²) in [5, 5.41) is 3.49. The van der Waals surface area contributed by atoms with E-state index in [-0.39, 0.29) is 23.7 Å². The van der Waals surface area contributed by atoms with E-state index in [2.05, 4.69) is 10.0 Å². The molecule has 0 unspecified atom stereocenters. The first kappa shape index (κ1) is 12.1. The van der Waals surface area contributed by atoms with Crippen LogP contribution in [0.3, 0.4) is 0 Å². The molecule has 0 bridgehead atoms. The van der Waals surface area contributed by atoms with Crippen molar-refractivity contribution >= 4 is 11.7 Å². The highest BCUT2D eigenvalue weighted by Gasteiger charge is 2.24. The second-order valence-corrected chi connectivity index (χ2v) is 3.40. The molecule has 1 heterocycles. The van der Waals surface area contributed by atoms with Crippen molar-refractivity contribution in [1.82, 2.24) is 0 Å². The van der Waals surface area contributed by atoms with Crippen LogP contribution < -0.4 is 9.47 Å². The van der Waals surface area contributed by atoms with Gasteiger partial charge in [0.1, 0.15) is 18.8 Å². The van der Waals surface area contributed by atoms with E-state index in [0.717, 1.165) is 0 Å². The third-order valence-electron chi connectivity index (χ3n) is 2.32. The Kier molecular flexibility index (Phi) is 3.54. The van der Waals surface area contributed by atoms with Gasteiger partial charge in [-0.2, -0.15) is 0 Å². The average Bonchev–Trinajstić information content (AvgIpc) is 2.39. The summed E-state index contributed by atoms with van der Waals surface area (Å²) in [4.78, 5) is 14.4. The third-order valence-corrected chi connectivity index (χ3v) is 2.32. The number of benzene rings is 1. The summed E-state index contributed by atoms with van der Waals surface area (Å²) in [6.07, 6.45) is 0. The van der Waals surface area contributed by atoms with Crippen LogP contribution in [0.4, 0.5) is 5.69 Å². The molecular formula is C11H11N3O4. The van der Waals surface area contributed by atoms with Crippen molar-refractivity contribution in [2.75, 3.05) is 19.8 Å². The maximum atomic E-state index is 11.7. The molecule has 0 spiro atoms. The van der Waals surface area contributed by atoms with Crippen LogP contribution in [0.1, 0.15) is 17.3 Å². The second-order valence-electron chi connectivity index (χ2n) is 3.40. The van der Waals surface area contributed by atoms with Crippen LogP contribution >= 0.6 is 0 Å². The smallest absolute Gasteiger partial charge is 0.342 e. The van der Waals surface area contributed by atoms with E-state index >= 15 is 0 Å². The van der Waals surface area contributed by atoms with Crippen molar-refractivity contribution < 1.29 is 19.0 Å². The summed E-state index contributed by atoms with van der Waals surface area (Å²) in [5.41, 5.74) is 9.01. The Morgan fingerprint density at radius 3 is 2.83 bits per heavy atom. The average molecular weight is 249 g/mol. The lowest BCUT2D eigenvalue weighted by Gasteiger charge is -2.21. The highest BCUT2D eigenvalue weighted by molar-refractivity contribution is 5.94. The molecule has 0 N–H and O–H groups in total. The van der Waals surface area contributed by atoms with E-state index in [1.807, 2.05) is 0 Å². The van der Waals surface area contributed by atoms with E-state index in [0.29, 0.717) is 18.9 Å². The first-order valence-corrected chi connectivity index (χ1v) is 5.42. The Balaban J connectivity index is 2.50. The van der Waals surface area contributed by atoms with Gasteiger partial charge < -0.3 is 14.2 Å². The summed E-state index contributed by atoms with van der Waals surface area (Å²) in [6.45, 7) is 2.66. The summed E-state index contributed by atoms with van der Waals surface area (Å²) >= 11 is 0. The fourth-order valence-corrected chi connectivity index (χ4v) is 1.62. The zero-order chi connectivity index (χ0) is 13.0. The Bertz CT molecular complexity index is 523. The van der Waals surface area contributed by atoms with Crippen LogP contribution in [-0.2, 0) is 4.74 Å². The molecular weight excluding hydrogens is 238 g/mol. The van der Waals surface area contributed by atoms with Gasteiger partial charge in [-0.3, -0.25) is 0 Å². The number of carbonyl (C=O) groups is 1. The van der Waals surface area contributed by atoms with Gasteiger partial charge in [0.25, 0.3) is 0 Å². The first-order chi connectivity index (χ1) is 8.77. The van der Waals surface area contributed by atoms with Crippen molar-refractivity contribution in [2.24, 2.45) is 5.11 Å². The molecule has 0 saturated heterocycles. The van der Waals surface area contributed by atoms with Crippen molar-refractivity contribution in [1.29, 1.82) is 0 Å². The topological polar surface area (TPSA) is 93.5 Å². The third kappa shape index (κ3) is 2.16. The molecule has 2 rings (SSSR count). The van der Waals surface area contributed by atoms with Crippen LogP contribution in [0.5, 0.6) is 11.5 Å². The molecule has 1 aromatic rings. The number of rotatable bonds is 3. The fraction of sp³-hybridized carbons (Fsp3) is 0.364. The number of azide groups is 1. The van der Waals surface area contributed by atoms with Gasteiger partial charge in [0, 0.05) is 4.91 Å². The predicted octanol–water partition coefficient (Wildman–Crippen LogP) is 2.58. The lowest BCUT2D eigenvalue weighted by molar-refractivity contribution is 0.0516. The number of fused-ring (bicyclic) bond motifs is 1. The molecule has 94 valence electrons. The normalized spacial score (nSPS) is 12.5. The molecule has 1 aromatic carbocycles. The largest absolute Gasteiger partial charge is 0.486 e. The molecule has 1 aliphatic rings. The Hall–Kier alpha value is -2.40. The first-order valence-electron chi connectivity index (χ1n) is 5.42. The van der Waals surface area contributed by atoms with Crippen LogP contribution in [0.2, 0.25) is 0 Å². The van der Waals surface area contributed by atoms with Crippen LogP contribution in [-0.4, -0.2) is 25.8 Å². The van der Waals surface area contributed by atoms with Crippen LogP contribution in [0.15, 0.2) is 17.2 Å². The van der Waals surface area contributed by atoms with Crippen molar-refractivity contribution in [3.63, 3.8) is 0 Å². The van der Waals surface area contributed by atoms with Gasteiger partial charge in [0.2, 0.25) is 0 Å². The summed E-state index contributed by atoms with van der Waals surface area (Å²) in [5.74, 6) is 0.0564. The molecule has 0 saturated carbocycles. The Labute approximate surface area is 103 Å². The molecule has 0 radical (unpaired) electrons. The SMILES string of the molecule is CCOC(=O)c1ccc(N=[N+]=[N-])c2c1OCCO2. The number of hydrogen-bond acceptors (Lipinski definition) is 5. The highest BCUT2D eigenvalue weighted by atomic mass is 16.6. The maximum Gasteiger partial charge on any atom is 0.342 e. The number of ether oxygens (including phenoxy) is 3. The fourth-order valence-electron chi connectivity index (χ4n) is 1.62. The molecule has 0 amide bonds. The predicted molar refractivity (Wildman–Crippen MR) is 62.2 cm³/mol. The molecule has 7 nitrogen and oxygen atoms in total. The molecule has 0 aliphatic carbocycles. The lowest BCUT2D eigenvalue weighted by Crippen LogP contribution is -2.18. The maximum absolute atomic E-state index is 11.7. The summed E-state index contributed by atoms with van der Waals surface area (Å²) < 4.78 is 15.7. The second kappa shape index (κ2) is 5.29. The Morgan fingerprint density at radius 2 is 2.17 bits per heavy atom. The van der Waals surface area contributed by atoms with Gasteiger partial charge in [-0.05, 0) is 24.6 Å². The minimum absolute atomic E-state index is 0.267. The molecule has 18 heavy (non-hydrogen) atoms. The van der Waals surface area contributed by atoms with E-state index < -0.39 is 5.97 Å². The van der Waals surface area contributed by atoms with Crippen LogP contribution in [0.25, 0.3) is 10.4 Å². The number of esters is 1. The molecule has 0 aromatic heterocycles. The van der Waals surface area contributed by atoms with Gasteiger partial charge in [-0.25, -0.2) is 4.79 Å². The molecule has 0 atom stereocenters. The Morgan fingerprint density at radius 1 is 1.44 bits per heavy atom. The quantitative estimate of drug-likeness (QED) is 0.356. The van der Waals surface area contributed by atoms with Crippen molar-refractivity contribution in [3.05, 3.63) is 28.1 Å². The zero-order valence-corrected chi connectivity index (χ0v) is 9.75. The molecule has 0 fully saturated rings. The van der Waals surface area contributed by atoms with Gasteiger partial charge in [0.15, 0.2) is 11.5 Å². The highest BCUT2D eigenvalue weighted by Crippen LogP contribution is 2.42. The van der Waals surface area contributed by atoms with Crippen LogP contribution in [0, 0.1) is 0 Å². The number of carbonyl (C=O) groups excluding carboxylic acids is 1. The standard InChI is InChI=1S/C11H11N3O4/c1-2-16-11(15)7-3-4-8(13-14-12)10-9(7)17-5-6-18-10/h3-4H,2,5-6H2,1H3. The zero-order valence-electron chi connectivity index (χ0n) is 9.75. The van der Waals surface area contributed by atoms with Crippen molar-refractivity contribution in [2.45, 2.75) is 6.92 Å². The number of nitrogens with zero attached hydrogens (tertiary/aromatic N) is 3.